The summed E-state index contributed by atoms with van der Waals surface area (Å²) >= 11 is 0. The van der Waals surface area contributed by atoms with E-state index in [1.54, 1.807) is 0 Å². The van der Waals surface area contributed by atoms with Gasteiger partial charge in [-0.2, -0.15) is 0 Å². The molecule has 0 spiro atoms. The largest absolute Gasteiger partial charge is 0.357 e. The zero-order valence-corrected chi connectivity index (χ0v) is 13.4. The SMILES string of the molecule is CNC(=O)C(CCC(=O)N1CCc2ccccc2CC1)NC=O. The van der Waals surface area contributed by atoms with Crippen molar-refractivity contribution in [1.29, 1.82) is 0 Å². The number of carbonyl (C=O) groups is 3. The molecule has 1 aromatic rings. The van der Waals surface area contributed by atoms with Crippen molar-refractivity contribution in [2.45, 2.75) is 31.7 Å². The molecular formula is C17H23N3O3. The average Bonchev–Trinajstić information content (AvgIpc) is 2.80. The summed E-state index contributed by atoms with van der Waals surface area (Å²) in [7, 11) is 1.51. The lowest BCUT2D eigenvalue weighted by Crippen LogP contribution is -2.43. The molecule has 6 heteroatoms. The highest BCUT2D eigenvalue weighted by Crippen LogP contribution is 2.16. The van der Waals surface area contributed by atoms with Gasteiger partial charge in [-0.05, 0) is 30.4 Å². The van der Waals surface area contributed by atoms with Crippen LogP contribution in [0.1, 0.15) is 24.0 Å². The van der Waals surface area contributed by atoms with Crippen molar-refractivity contribution in [3.63, 3.8) is 0 Å². The van der Waals surface area contributed by atoms with Crippen LogP contribution in [0.4, 0.5) is 0 Å². The number of amides is 3. The van der Waals surface area contributed by atoms with Crippen LogP contribution in [0.2, 0.25) is 0 Å². The van der Waals surface area contributed by atoms with Crippen LogP contribution < -0.4 is 10.6 Å². The molecule has 1 heterocycles. The Morgan fingerprint density at radius 2 is 1.83 bits per heavy atom. The van der Waals surface area contributed by atoms with Crippen molar-refractivity contribution in [3.05, 3.63) is 35.4 Å². The maximum atomic E-state index is 12.4. The zero-order valence-electron chi connectivity index (χ0n) is 13.4. The summed E-state index contributed by atoms with van der Waals surface area (Å²) in [5.41, 5.74) is 2.60. The van der Waals surface area contributed by atoms with Crippen molar-refractivity contribution in [2.24, 2.45) is 0 Å². The van der Waals surface area contributed by atoms with Crippen molar-refractivity contribution in [1.82, 2.24) is 15.5 Å². The summed E-state index contributed by atoms with van der Waals surface area (Å²) < 4.78 is 0. The third-order valence-corrected chi connectivity index (χ3v) is 4.25. The van der Waals surface area contributed by atoms with E-state index in [1.165, 1.54) is 18.2 Å². The molecule has 0 radical (unpaired) electrons. The fourth-order valence-electron chi connectivity index (χ4n) is 2.89. The fourth-order valence-corrected chi connectivity index (χ4v) is 2.89. The van der Waals surface area contributed by atoms with Gasteiger partial charge in [-0.1, -0.05) is 24.3 Å². The molecule has 124 valence electrons. The monoisotopic (exact) mass is 317 g/mol. The molecule has 0 fully saturated rings. The third-order valence-electron chi connectivity index (χ3n) is 4.25. The van der Waals surface area contributed by atoms with Gasteiger partial charge in [0.15, 0.2) is 0 Å². The molecule has 1 aliphatic heterocycles. The number of rotatable bonds is 6. The van der Waals surface area contributed by atoms with Crippen LogP contribution in [0, 0.1) is 0 Å². The predicted octanol–water partition coefficient (Wildman–Crippen LogP) is 0.255. The number of benzene rings is 1. The number of carbonyl (C=O) groups excluding carboxylic acids is 3. The number of nitrogens with one attached hydrogen (secondary N) is 2. The van der Waals surface area contributed by atoms with E-state index >= 15 is 0 Å². The second-order valence-corrected chi connectivity index (χ2v) is 5.64. The van der Waals surface area contributed by atoms with Crippen LogP contribution in [0.5, 0.6) is 0 Å². The Morgan fingerprint density at radius 3 is 2.35 bits per heavy atom. The molecular weight excluding hydrogens is 294 g/mol. The van der Waals surface area contributed by atoms with Gasteiger partial charge in [0.05, 0.1) is 0 Å². The number of hydrogen-bond donors (Lipinski definition) is 2. The van der Waals surface area contributed by atoms with Gasteiger partial charge in [0.25, 0.3) is 0 Å². The molecule has 2 N–H and O–H groups in total. The summed E-state index contributed by atoms with van der Waals surface area (Å²) in [4.78, 5) is 36.5. The van der Waals surface area contributed by atoms with Gasteiger partial charge in [-0.15, -0.1) is 0 Å². The lowest BCUT2D eigenvalue weighted by molar-refractivity contribution is -0.132. The normalized spacial score (nSPS) is 15.1. The first-order chi connectivity index (χ1) is 11.2. The van der Waals surface area contributed by atoms with Crippen LogP contribution in [-0.2, 0) is 27.2 Å². The Labute approximate surface area is 136 Å². The minimum Gasteiger partial charge on any atom is -0.357 e. The van der Waals surface area contributed by atoms with Gasteiger partial charge in [0.2, 0.25) is 18.2 Å². The number of likely N-dealkylation sites (N-methyl/N-ethyl adjacent to an activating group) is 1. The highest BCUT2D eigenvalue weighted by molar-refractivity contribution is 5.84. The maximum Gasteiger partial charge on any atom is 0.242 e. The molecule has 0 bridgehead atoms. The third kappa shape index (κ3) is 4.55. The van der Waals surface area contributed by atoms with Crippen molar-refractivity contribution in [3.8, 4) is 0 Å². The average molecular weight is 317 g/mol. The minimum atomic E-state index is -0.661. The van der Waals surface area contributed by atoms with E-state index < -0.39 is 6.04 Å². The molecule has 0 aromatic heterocycles. The van der Waals surface area contributed by atoms with Crippen molar-refractivity contribution < 1.29 is 14.4 Å². The zero-order chi connectivity index (χ0) is 16.7. The van der Waals surface area contributed by atoms with Crippen molar-refractivity contribution in [2.75, 3.05) is 20.1 Å². The number of fused-ring (bicyclic) bond motifs is 1. The molecule has 6 nitrogen and oxygen atoms in total. The van der Waals surface area contributed by atoms with E-state index in [0.717, 1.165) is 12.8 Å². The summed E-state index contributed by atoms with van der Waals surface area (Å²) in [6.07, 6.45) is 2.75. The number of nitrogens with zero attached hydrogens (tertiary/aromatic N) is 1. The Kier molecular flexibility index (Phi) is 6.14. The Balaban J connectivity index is 1.89. The highest BCUT2D eigenvalue weighted by Gasteiger charge is 2.21. The first kappa shape index (κ1) is 17.0. The maximum absolute atomic E-state index is 12.4. The quantitative estimate of drug-likeness (QED) is 0.739. The molecule has 0 saturated carbocycles. The smallest absolute Gasteiger partial charge is 0.242 e. The van der Waals surface area contributed by atoms with E-state index in [-0.39, 0.29) is 18.2 Å². The number of hydrogen-bond acceptors (Lipinski definition) is 3. The standard InChI is InChI=1S/C17H23N3O3/c1-18-17(23)15(19-12-21)6-7-16(22)20-10-8-13-4-2-3-5-14(13)9-11-20/h2-5,12,15H,6-11H2,1H3,(H,18,23)(H,19,21). The Hall–Kier alpha value is -2.37. The second-order valence-electron chi connectivity index (χ2n) is 5.64. The van der Waals surface area contributed by atoms with Crippen molar-refractivity contribution >= 4 is 18.2 Å². The molecule has 1 aromatic carbocycles. The van der Waals surface area contributed by atoms with E-state index in [4.69, 9.17) is 0 Å². The molecule has 23 heavy (non-hydrogen) atoms. The molecule has 1 atom stereocenters. The lowest BCUT2D eigenvalue weighted by atomic mass is 10.0. The van der Waals surface area contributed by atoms with Gasteiger partial charge in [-0.25, -0.2) is 0 Å². The van der Waals surface area contributed by atoms with Crippen LogP contribution in [0.25, 0.3) is 0 Å². The van der Waals surface area contributed by atoms with E-state index in [0.29, 0.717) is 25.9 Å². The topological polar surface area (TPSA) is 78.5 Å². The lowest BCUT2D eigenvalue weighted by Gasteiger charge is -2.21. The fraction of sp³-hybridized carbons (Fsp3) is 0.471. The summed E-state index contributed by atoms with van der Waals surface area (Å²) in [6, 6.07) is 7.61. The molecule has 0 aliphatic carbocycles. The van der Waals surface area contributed by atoms with Gasteiger partial charge >= 0.3 is 0 Å². The van der Waals surface area contributed by atoms with E-state index in [9.17, 15) is 14.4 Å². The van der Waals surface area contributed by atoms with Crippen LogP contribution in [0.3, 0.4) is 0 Å². The highest BCUT2D eigenvalue weighted by atomic mass is 16.2. The molecule has 1 aliphatic rings. The van der Waals surface area contributed by atoms with Crippen LogP contribution in [-0.4, -0.2) is 49.3 Å². The molecule has 0 saturated heterocycles. The predicted molar refractivity (Wildman–Crippen MR) is 86.7 cm³/mol. The Bertz CT molecular complexity index is 547. The van der Waals surface area contributed by atoms with Gasteiger partial charge < -0.3 is 15.5 Å². The van der Waals surface area contributed by atoms with Gasteiger partial charge in [0, 0.05) is 26.6 Å². The Morgan fingerprint density at radius 1 is 1.22 bits per heavy atom. The molecule has 2 rings (SSSR count). The van der Waals surface area contributed by atoms with Crippen LogP contribution >= 0.6 is 0 Å². The first-order valence-corrected chi connectivity index (χ1v) is 7.91. The van der Waals surface area contributed by atoms with Crippen LogP contribution in [0.15, 0.2) is 24.3 Å². The molecule has 1 unspecified atom stereocenters. The first-order valence-electron chi connectivity index (χ1n) is 7.91. The van der Waals surface area contributed by atoms with E-state index in [2.05, 4.69) is 22.8 Å². The minimum absolute atomic E-state index is 0.0272. The van der Waals surface area contributed by atoms with Gasteiger partial charge in [-0.3, -0.25) is 14.4 Å². The summed E-state index contributed by atoms with van der Waals surface area (Å²) in [6.45, 7) is 1.39. The van der Waals surface area contributed by atoms with E-state index in [1.807, 2.05) is 17.0 Å². The summed E-state index contributed by atoms with van der Waals surface area (Å²) in [5, 5.41) is 4.94. The molecule has 3 amide bonds. The van der Waals surface area contributed by atoms with Gasteiger partial charge in [0.1, 0.15) is 6.04 Å². The summed E-state index contributed by atoms with van der Waals surface area (Å²) in [5.74, 6) is -0.257. The second kappa shape index (κ2) is 8.31.